The van der Waals surface area contributed by atoms with Crippen LogP contribution in [0.3, 0.4) is 0 Å². The van der Waals surface area contributed by atoms with Gasteiger partial charge in [-0.15, -0.1) is 0 Å². The Hall–Kier alpha value is -2.12. The molecule has 0 saturated heterocycles. The number of carbonyl (C=O) groups is 1. The van der Waals surface area contributed by atoms with Crippen LogP contribution >= 0.6 is 23.2 Å². The lowest BCUT2D eigenvalue weighted by Crippen LogP contribution is -2.30. The molecule has 2 atom stereocenters. The van der Waals surface area contributed by atoms with Gasteiger partial charge < -0.3 is 14.4 Å². The average molecular weight is 446 g/mol. The second-order valence-corrected chi connectivity index (χ2v) is 8.05. The predicted molar refractivity (Wildman–Crippen MR) is 102 cm³/mol. The Morgan fingerprint density at radius 1 is 1.14 bits per heavy atom. The van der Waals surface area contributed by atoms with Crippen LogP contribution in [0.5, 0.6) is 0 Å². The van der Waals surface area contributed by atoms with Gasteiger partial charge in [-0.25, -0.2) is 4.79 Å². The summed E-state index contributed by atoms with van der Waals surface area (Å²) in [6, 6.07) is 7.51. The third kappa shape index (κ3) is 3.73. The van der Waals surface area contributed by atoms with Crippen molar-refractivity contribution in [3.63, 3.8) is 0 Å². The van der Waals surface area contributed by atoms with E-state index in [4.69, 9.17) is 32.7 Å². The molecule has 0 amide bonds. The number of allylic oxidation sites excluding steroid dienone is 1. The standard InChI is InChI=1S/C20H16Cl2F3NO3/c21-13-4-2-10(7-14(13)22)15-8-11-1-3-12(20(23,24)25)9-16(11)26(15)18-6-5-17(29-18)19(27)28/h2,4-7,12,15H,1,3,8-9H2,(H,27,28). The van der Waals surface area contributed by atoms with Crippen LogP contribution in [0.1, 0.15) is 47.8 Å². The summed E-state index contributed by atoms with van der Waals surface area (Å²) in [6.45, 7) is 0. The fourth-order valence-electron chi connectivity index (χ4n) is 4.10. The third-order valence-corrected chi connectivity index (χ3v) is 6.26. The molecule has 0 radical (unpaired) electrons. The average Bonchev–Trinajstić information content (AvgIpc) is 3.27. The first kappa shape index (κ1) is 20.2. The maximum absolute atomic E-state index is 13.4. The minimum absolute atomic E-state index is 0.0444. The molecule has 29 heavy (non-hydrogen) atoms. The van der Waals surface area contributed by atoms with Crippen molar-refractivity contribution in [1.82, 2.24) is 0 Å². The van der Waals surface area contributed by atoms with Crippen molar-refractivity contribution in [2.75, 3.05) is 4.90 Å². The van der Waals surface area contributed by atoms with E-state index in [0.29, 0.717) is 28.6 Å². The first-order chi connectivity index (χ1) is 13.6. The van der Waals surface area contributed by atoms with Crippen molar-refractivity contribution in [2.45, 2.75) is 37.9 Å². The van der Waals surface area contributed by atoms with E-state index in [-0.39, 0.29) is 30.5 Å². The Kier molecular flexibility index (Phi) is 5.07. The van der Waals surface area contributed by atoms with Gasteiger partial charge in [0.1, 0.15) is 0 Å². The molecule has 0 fully saturated rings. The molecule has 4 rings (SSSR count). The lowest BCUT2D eigenvalue weighted by molar-refractivity contribution is -0.176. The molecule has 1 aliphatic heterocycles. The smallest absolute Gasteiger partial charge is 0.392 e. The molecule has 1 aromatic carbocycles. The zero-order chi connectivity index (χ0) is 20.9. The Morgan fingerprint density at radius 2 is 1.90 bits per heavy atom. The Balaban J connectivity index is 1.76. The van der Waals surface area contributed by atoms with Gasteiger partial charge in [0, 0.05) is 11.8 Å². The lowest BCUT2D eigenvalue weighted by Gasteiger charge is -2.32. The van der Waals surface area contributed by atoms with Crippen molar-refractivity contribution < 1.29 is 27.5 Å². The lowest BCUT2D eigenvalue weighted by atomic mass is 9.86. The quantitative estimate of drug-likeness (QED) is 0.560. The van der Waals surface area contributed by atoms with Crippen molar-refractivity contribution >= 4 is 35.1 Å². The number of alkyl halides is 3. The fourth-order valence-corrected chi connectivity index (χ4v) is 4.41. The molecule has 1 aliphatic carbocycles. The maximum atomic E-state index is 13.4. The first-order valence-electron chi connectivity index (χ1n) is 9.00. The number of hydrogen-bond donors (Lipinski definition) is 1. The molecule has 9 heteroatoms. The second kappa shape index (κ2) is 7.29. The molecule has 2 aromatic rings. The molecule has 0 bridgehead atoms. The van der Waals surface area contributed by atoms with Crippen molar-refractivity contribution in [1.29, 1.82) is 0 Å². The van der Waals surface area contributed by atoms with Gasteiger partial charge in [0.05, 0.1) is 22.0 Å². The van der Waals surface area contributed by atoms with E-state index < -0.39 is 18.1 Å². The molecule has 2 aliphatic rings. The molecule has 1 aromatic heterocycles. The van der Waals surface area contributed by atoms with Crippen LogP contribution in [0.2, 0.25) is 10.0 Å². The summed E-state index contributed by atoms with van der Waals surface area (Å²) in [5.41, 5.74) is 2.24. The fraction of sp³-hybridized carbons (Fsp3) is 0.350. The number of nitrogens with zero attached hydrogens (tertiary/aromatic N) is 1. The van der Waals surface area contributed by atoms with E-state index in [2.05, 4.69) is 0 Å². The molecular formula is C20H16Cl2F3NO3. The zero-order valence-electron chi connectivity index (χ0n) is 15.0. The summed E-state index contributed by atoms with van der Waals surface area (Å²) in [7, 11) is 0. The topological polar surface area (TPSA) is 53.7 Å². The van der Waals surface area contributed by atoms with Crippen molar-refractivity contribution in [2.24, 2.45) is 5.92 Å². The number of anilines is 1. The molecule has 1 N–H and O–H groups in total. The van der Waals surface area contributed by atoms with Gasteiger partial charge in [-0.2, -0.15) is 13.2 Å². The van der Waals surface area contributed by atoms with E-state index in [9.17, 15) is 18.0 Å². The van der Waals surface area contributed by atoms with E-state index in [1.807, 2.05) is 0 Å². The molecule has 2 unspecified atom stereocenters. The number of benzene rings is 1. The highest BCUT2D eigenvalue weighted by Crippen LogP contribution is 2.51. The van der Waals surface area contributed by atoms with Crippen LogP contribution in [-0.2, 0) is 0 Å². The monoisotopic (exact) mass is 445 g/mol. The van der Waals surface area contributed by atoms with Crippen molar-refractivity contribution in [3.8, 4) is 0 Å². The Bertz CT molecular complexity index is 999. The van der Waals surface area contributed by atoms with E-state index in [0.717, 1.165) is 11.1 Å². The Morgan fingerprint density at radius 3 is 2.52 bits per heavy atom. The maximum Gasteiger partial charge on any atom is 0.392 e. The number of carboxylic acids is 1. The summed E-state index contributed by atoms with van der Waals surface area (Å²) in [6.07, 6.45) is -3.56. The first-order valence-corrected chi connectivity index (χ1v) is 9.75. The highest BCUT2D eigenvalue weighted by atomic mass is 35.5. The van der Waals surface area contributed by atoms with Crippen LogP contribution < -0.4 is 4.90 Å². The summed E-state index contributed by atoms with van der Waals surface area (Å²) < 4.78 is 45.6. The summed E-state index contributed by atoms with van der Waals surface area (Å²) in [4.78, 5) is 12.9. The van der Waals surface area contributed by atoms with Gasteiger partial charge in [0.15, 0.2) is 0 Å². The van der Waals surface area contributed by atoms with Gasteiger partial charge in [-0.05, 0) is 55.0 Å². The molecule has 0 saturated carbocycles. The number of furan rings is 1. The van der Waals surface area contributed by atoms with E-state index in [1.165, 1.54) is 12.1 Å². The largest absolute Gasteiger partial charge is 0.475 e. The molecular weight excluding hydrogens is 430 g/mol. The molecule has 4 nitrogen and oxygen atoms in total. The van der Waals surface area contributed by atoms with Crippen LogP contribution in [0, 0.1) is 5.92 Å². The zero-order valence-corrected chi connectivity index (χ0v) is 16.5. The molecule has 154 valence electrons. The van der Waals surface area contributed by atoms with E-state index >= 15 is 0 Å². The minimum Gasteiger partial charge on any atom is -0.475 e. The predicted octanol–water partition coefficient (Wildman–Crippen LogP) is 6.85. The summed E-state index contributed by atoms with van der Waals surface area (Å²) in [5.74, 6) is -2.76. The Labute approximate surface area is 174 Å². The van der Waals surface area contributed by atoms with Crippen LogP contribution in [0.15, 0.2) is 46.0 Å². The van der Waals surface area contributed by atoms with Crippen LogP contribution in [0.4, 0.5) is 19.1 Å². The molecule has 2 heterocycles. The minimum atomic E-state index is -4.29. The highest BCUT2D eigenvalue weighted by Gasteiger charge is 2.46. The van der Waals surface area contributed by atoms with Gasteiger partial charge in [-0.3, -0.25) is 0 Å². The number of carboxylic acid groups (broad SMARTS) is 1. The second-order valence-electron chi connectivity index (χ2n) is 7.24. The SMILES string of the molecule is O=C(O)c1ccc(N2C3=C(CCC(C(F)(F)F)C3)CC2c2ccc(Cl)c(Cl)c2)o1. The summed E-state index contributed by atoms with van der Waals surface area (Å²) >= 11 is 12.2. The van der Waals surface area contributed by atoms with Crippen molar-refractivity contribution in [3.05, 3.63) is 63.0 Å². The number of hydrogen-bond acceptors (Lipinski definition) is 3. The van der Waals surface area contributed by atoms with Gasteiger partial charge >= 0.3 is 12.1 Å². The third-order valence-electron chi connectivity index (χ3n) is 5.52. The highest BCUT2D eigenvalue weighted by molar-refractivity contribution is 6.42. The summed E-state index contributed by atoms with van der Waals surface area (Å²) in [5, 5.41) is 9.88. The van der Waals surface area contributed by atoms with Gasteiger partial charge in [0.2, 0.25) is 11.6 Å². The van der Waals surface area contributed by atoms with E-state index in [1.54, 1.807) is 23.1 Å². The van der Waals surface area contributed by atoms with Crippen LogP contribution in [-0.4, -0.2) is 17.3 Å². The molecule has 0 spiro atoms. The number of rotatable bonds is 3. The van der Waals surface area contributed by atoms with Gasteiger partial charge in [-0.1, -0.05) is 29.3 Å². The number of halogens is 5. The number of aromatic carboxylic acids is 1. The van der Waals surface area contributed by atoms with Gasteiger partial charge in [0.25, 0.3) is 0 Å². The van der Waals surface area contributed by atoms with Crippen LogP contribution in [0.25, 0.3) is 0 Å². The normalized spacial score (nSPS) is 22.2.